The van der Waals surface area contributed by atoms with Crippen LogP contribution in [0.15, 0.2) is 0 Å². The maximum Gasteiger partial charge on any atom is 0.0600 e. The largest absolute Gasteiger partial charge is 0.377 e. The van der Waals surface area contributed by atoms with Gasteiger partial charge in [-0.05, 0) is 32.5 Å². The van der Waals surface area contributed by atoms with Crippen LogP contribution in [-0.4, -0.2) is 50.3 Å². The summed E-state index contributed by atoms with van der Waals surface area (Å²) in [6, 6.07) is 0. The van der Waals surface area contributed by atoms with Gasteiger partial charge in [0.25, 0.3) is 0 Å². The third-order valence-electron chi connectivity index (χ3n) is 2.81. The normalized spacial score (nSPS) is 17.9. The van der Waals surface area contributed by atoms with Crippen molar-refractivity contribution in [3.05, 3.63) is 0 Å². The van der Waals surface area contributed by atoms with Crippen molar-refractivity contribution in [1.29, 1.82) is 0 Å². The molecule has 0 aliphatic carbocycles. The minimum absolute atomic E-state index is 0.454. The molecule has 0 aromatic heterocycles. The molecule has 0 radical (unpaired) electrons. The molecule has 86 valence electrons. The fraction of sp³-hybridized carbons (Fsp3) is 0.833. The standard InChI is InChI=1S/C12H22N2O/c1-3-9-14(4-2)10-11-15-12-5-7-13-8-6-12/h1,12-13H,4-11H2,2H3. The van der Waals surface area contributed by atoms with Crippen molar-refractivity contribution in [2.45, 2.75) is 25.9 Å². The molecule has 1 heterocycles. The quantitative estimate of drug-likeness (QED) is 0.654. The number of terminal acetylenes is 1. The Hall–Kier alpha value is -0.560. The van der Waals surface area contributed by atoms with Gasteiger partial charge in [0.05, 0.1) is 19.3 Å². The lowest BCUT2D eigenvalue weighted by Crippen LogP contribution is -2.35. The predicted molar refractivity (Wildman–Crippen MR) is 62.8 cm³/mol. The number of hydrogen-bond acceptors (Lipinski definition) is 3. The molecule has 1 aliphatic heterocycles. The van der Waals surface area contributed by atoms with E-state index >= 15 is 0 Å². The van der Waals surface area contributed by atoms with Crippen molar-refractivity contribution in [2.75, 3.05) is 39.3 Å². The van der Waals surface area contributed by atoms with Crippen LogP contribution in [0, 0.1) is 12.3 Å². The van der Waals surface area contributed by atoms with E-state index < -0.39 is 0 Å². The molecule has 0 aromatic carbocycles. The summed E-state index contributed by atoms with van der Waals surface area (Å²) in [6.07, 6.45) is 8.01. The molecule has 0 spiro atoms. The highest BCUT2D eigenvalue weighted by molar-refractivity contribution is 4.87. The van der Waals surface area contributed by atoms with Gasteiger partial charge in [0, 0.05) is 6.54 Å². The van der Waals surface area contributed by atoms with E-state index in [4.69, 9.17) is 11.2 Å². The van der Waals surface area contributed by atoms with Gasteiger partial charge in [0.2, 0.25) is 0 Å². The highest BCUT2D eigenvalue weighted by atomic mass is 16.5. The Labute approximate surface area is 93.2 Å². The molecular formula is C12H22N2O. The second-order valence-electron chi connectivity index (χ2n) is 3.89. The monoisotopic (exact) mass is 210 g/mol. The van der Waals surface area contributed by atoms with E-state index in [0.29, 0.717) is 6.10 Å². The molecule has 15 heavy (non-hydrogen) atoms. The summed E-state index contributed by atoms with van der Waals surface area (Å²) in [4.78, 5) is 2.22. The summed E-state index contributed by atoms with van der Waals surface area (Å²) < 4.78 is 5.81. The molecule has 0 bridgehead atoms. The van der Waals surface area contributed by atoms with Crippen LogP contribution in [0.4, 0.5) is 0 Å². The Kier molecular flexibility index (Phi) is 6.42. The third-order valence-corrected chi connectivity index (χ3v) is 2.81. The number of nitrogens with zero attached hydrogens (tertiary/aromatic N) is 1. The summed E-state index contributed by atoms with van der Waals surface area (Å²) >= 11 is 0. The van der Waals surface area contributed by atoms with Crippen LogP contribution in [0.5, 0.6) is 0 Å². The van der Waals surface area contributed by atoms with Crippen LogP contribution >= 0.6 is 0 Å². The minimum atomic E-state index is 0.454. The molecule has 0 atom stereocenters. The molecule has 1 aliphatic rings. The van der Waals surface area contributed by atoms with E-state index in [9.17, 15) is 0 Å². The number of rotatable bonds is 6. The van der Waals surface area contributed by atoms with E-state index in [1.807, 2.05) is 0 Å². The molecule has 0 aromatic rings. The Morgan fingerprint density at radius 2 is 2.20 bits per heavy atom. The Bertz CT molecular complexity index is 194. The number of ether oxygens (including phenoxy) is 1. The lowest BCUT2D eigenvalue weighted by molar-refractivity contribution is 0.0223. The number of likely N-dealkylation sites (N-methyl/N-ethyl adjacent to an activating group) is 1. The van der Waals surface area contributed by atoms with Gasteiger partial charge in [-0.1, -0.05) is 12.8 Å². The lowest BCUT2D eigenvalue weighted by Gasteiger charge is -2.24. The summed E-state index contributed by atoms with van der Waals surface area (Å²) in [5.41, 5.74) is 0. The zero-order valence-corrected chi connectivity index (χ0v) is 9.67. The topological polar surface area (TPSA) is 24.5 Å². The zero-order chi connectivity index (χ0) is 10.9. The number of nitrogens with one attached hydrogen (secondary N) is 1. The summed E-state index contributed by atoms with van der Waals surface area (Å²) in [6.45, 7) is 7.79. The van der Waals surface area contributed by atoms with E-state index in [2.05, 4.69) is 23.1 Å². The van der Waals surface area contributed by atoms with Crippen molar-refractivity contribution in [3.63, 3.8) is 0 Å². The second-order valence-corrected chi connectivity index (χ2v) is 3.89. The fourth-order valence-corrected chi connectivity index (χ4v) is 1.79. The van der Waals surface area contributed by atoms with Gasteiger partial charge in [0.15, 0.2) is 0 Å². The van der Waals surface area contributed by atoms with Crippen LogP contribution in [0.25, 0.3) is 0 Å². The van der Waals surface area contributed by atoms with Crippen molar-refractivity contribution in [3.8, 4) is 12.3 Å². The summed E-state index contributed by atoms with van der Waals surface area (Å²) in [5, 5.41) is 3.33. The maximum absolute atomic E-state index is 5.81. The fourth-order valence-electron chi connectivity index (χ4n) is 1.79. The zero-order valence-electron chi connectivity index (χ0n) is 9.67. The predicted octanol–water partition coefficient (Wildman–Crippen LogP) is 0.710. The average molecular weight is 210 g/mol. The SMILES string of the molecule is C#CCN(CC)CCOC1CCNCC1. The molecule has 1 N–H and O–H groups in total. The van der Waals surface area contributed by atoms with Crippen LogP contribution in [0.2, 0.25) is 0 Å². The smallest absolute Gasteiger partial charge is 0.0600 e. The second kappa shape index (κ2) is 7.70. The van der Waals surface area contributed by atoms with Crippen molar-refractivity contribution >= 4 is 0 Å². The van der Waals surface area contributed by atoms with Crippen molar-refractivity contribution < 1.29 is 4.74 Å². The van der Waals surface area contributed by atoms with Crippen LogP contribution in [-0.2, 0) is 4.74 Å². The molecule has 1 saturated heterocycles. The van der Waals surface area contributed by atoms with Gasteiger partial charge in [-0.15, -0.1) is 6.42 Å². The van der Waals surface area contributed by atoms with E-state index in [1.165, 1.54) is 0 Å². The third kappa shape index (κ3) is 5.17. The van der Waals surface area contributed by atoms with E-state index in [1.54, 1.807) is 0 Å². The van der Waals surface area contributed by atoms with Gasteiger partial charge in [-0.25, -0.2) is 0 Å². The number of piperidine rings is 1. The van der Waals surface area contributed by atoms with Crippen molar-refractivity contribution in [1.82, 2.24) is 10.2 Å². The van der Waals surface area contributed by atoms with Gasteiger partial charge in [0.1, 0.15) is 0 Å². The summed E-state index contributed by atoms with van der Waals surface area (Å²) in [7, 11) is 0. The molecule has 0 saturated carbocycles. The van der Waals surface area contributed by atoms with Crippen LogP contribution in [0.1, 0.15) is 19.8 Å². The first-order chi connectivity index (χ1) is 7.36. The lowest BCUT2D eigenvalue weighted by atomic mass is 10.1. The molecular weight excluding hydrogens is 188 g/mol. The molecule has 3 nitrogen and oxygen atoms in total. The van der Waals surface area contributed by atoms with E-state index in [0.717, 1.165) is 52.2 Å². The highest BCUT2D eigenvalue weighted by Gasteiger charge is 2.13. The first-order valence-electron chi connectivity index (χ1n) is 5.85. The van der Waals surface area contributed by atoms with E-state index in [-0.39, 0.29) is 0 Å². The van der Waals surface area contributed by atoms with Gasteiger partial charge in [-0.3, -0.25) is 4.90 Å². The average Bonchev–Trinajstić information content (AvgIpc) is 2.29. The first-order valence-corrected chi connectivity index (χ1v) is 5.85. The van der Waals surface area contributed by atoms with Gasteiger partial charge >= 0.3 is 0 Å². The highest BCUT2D eigenvalue weighted by Crippen LogP contribution is 2.06. The van der Waals surface area contributed by atoms with Crippen LogP contribution < -0.4 is 5.32 Å². The molecule has 1 fully saturated rings. The Balaban J connectivity index is 2.06. The van der Waals surface area contributed by atoms with Crippen molar-refractivity contribution in [2.24, 2.45) is 0 Å². The molecule has 3 heteroatoms. The number of hydrogen-bond donors (Lipinski definition) is 1. The van der Waals surface area contributed by atoms with Gasteiger partial charge in [-0.2, -0.15) is 0 Å². The maximum atomic E-state index is 5.81. The minimum Gasteiger partial charge on any atom is -0.377 e. The summed E-state index contributed by atoms with van der Waals surface area (Å²) in [5.74, 6) is 2.67. The van der Waals surface area contributed by atoms with Crippen LogP contribution in [0.3, 0.4) is 0 Å². The Morgan fingerprint density at radius 3 is 2.80 bits per heavy atom. The molecule has 0 unspecified atom stereocenters. The first kappa shape index (κ1) is 12.5. The molecule has 1 rings (SSSR count). The van der Waals surface area contributed by atoms with Gasteiger partial charge < -0.3 is 10.1 Å². The molecule has 0 amide bonds. The Morgan fingerprint density at radius 1 is 1.47 bits per heavy atom.